The number of hydrogen-bond acceptors (Lipinski definition) is 11. The second kappa shape index (κ2) is 10.8. The molecule has 176 valence electrons. The largest absolute Gasteiger partial charge is 0.493 e. The van der Waals surface area contributed by atoms with Crippen LogP contribution >= 0.6 is 0 Å². The van der Waals surface area contributed by atoms with Gasteiger partial charge in [-0.3, -0.25) is 0 Å². The summed E-state index contributed by atoms with van der Waals surface area (Å²) in [5, 5.41) is 13.1. The van der Waals surface area contributed by atoms with Gasteiger partial charge in [0.25, 0.3) is 0 Å². The van der Waals surface area contributed by atoms with Gasteiger partial charge >= 0.3 is 5.97 Å². The molecular formula is C21H27N7O5. The molecular weight excluding hydrogens is 430 g/mol. The molecule has 0 radical (unpaired) electrons. The molecule has 12 heteroatoms. The quantitative estimate of drug-likeness (QED) is 0.416. The van der Waals surface area contributed by atoms with Crippen LogP contribution < -0.4 is 24.7 Å². The number of benzene rings is 1. The summed E-state index contributed by atoms with van der Waals surface area (Å²) in [5.41, 5.74) is 3.63. The summed E-state index contributed by atoms with van der Waals surface area (Å²) >= 11 is 0. The lowest BCUT2D eigenvalue weighted by Crippen LogP contribution is -2.38. The summed E-state index contributed by atoms with van der Waals surface area (Å²) in [7, 11) is 1.49. The number of anilines is 3. The number of hydrazone groups is 1. The van der Waals surface area contributed by atoms with E-state index in [2.05, 4.69) is 35.3 Å². The Balaban J connectivity index is 1.49. The third-order valence-corrected chi connectivity index (χ3v) is 5.21. The number of carboxylic acids is 1. The van der Waals surface area contributed by atoms with Crippen LogP contribution in [0.25, 0.3) is 0 Å². The molecule has 2 saturated heterocycles. The van der Waals surface area contributed by atoms with Gasteiger partial charge in [-0.25, -0.2) is 10.2 Å². The molecule has 0 amide bonds. The second-order valence-corrected chi connectivity index (χ2v) is 7.52. The van der Waals surface area contributed by atoms with Crippen LogP contribution in [-0.4, -0.2) is 85.4 Å². The van der Waals surface area contributed by atoms with E-state index in [1.807, 2.05) is 0 Å². The SMILES string of the molecule is COc1cc(C=NNc2nc(N3CCCC3)nc(N3CCOCC3)n2)ccc1OCC(=O)O. The van der Waals surface area contributed by atoms with Gasteiger partial charge in [0.2, 0.25) is 17.8 Å². The minimum atomic E-state index is -1.06. The smallest absolute Gasteiger partial charge is 0.341 e. The van der Waals surface area contributed by atoms with Gasteiger partial charge in [-0.15, -0.1) is 0 Å². The highest BCUT2D eigenvalue weighted by Gasteiger charge is 2.21. The average molecular weight is 457 g/mol. The van der Waals surface area contributed by atoms with Crippen molar-refractivity contribution in [1.82, 2.24) is 15.0 Å². The molecule has 0 atom stereocenters. The minimum Gasteiger partial charge on any atom is -0.493 e. The molecule has 3 heterocycles. The predicted octanol–water partition coefficient (Wildman–Crippen LogP) is 1.23. The van der Waals surface area contributed by atoms with E-state index < -0.39 is 12.6 Å². The van der Waals surface area contributed by atoms with E-state index in [0.717, 1.165) is 44.6 Å². The zero-order valence-electron chi connectivity index (χ0n) is 18.4. The Labute approximate surface area is 191 Å². The van der Waals surface area contributed by atoms with Crippen molar-refractivity contribution in [2.75, 3.05) is 68.3 Å². The number of carboxylic acid groups (broad SMARTS) is 1. The number of aromatic nitrogens is 3. The molecule has 12 nitrogen and oxygen atoms in total. The maximum atomic E-state index is 10.7. The van der Waals surface area contributed by atoms with Crippen LogP contribution in [0.4, 0.5) is 17.8 Å². The minimum absolute atomic E-state index is 0.341. The molecule has 0 aliphatic carbocycles. The molecule has 2 aliphatic heterocycles. The topological polar surface area (TPSA) is 135 Å². The third kappa shape index (κ3) is 5.98. The van der Waals surface area contributed by atoms with Crippen molar-refractivity contribution in [3.05, 3.63) is 23.8 Å². The van der Waals surface area contributed by atoms with Crippen LogP contribution in [0.3, 0.4) is 0 Å². The van der Waals surface area contributed by atoms with E-state index in [0.29, 0.717) is 42.6 Å². The van der Waals surface area contributed by atoms with Crippen molar-refractivity contribution >= 4 is 30.0 Å². The summed E-state index contributed by atoms with van der Waals surface area (Å²) in [6.07, 6.45) is 3.83. The highest BCUT2D eigenvalue weighted by Crippen LogP contribution is 2.27. The zero-order valence-corrected chi connectivity index (χ0v) is 18.4. The van der Waals surface area contributed by atoms with Crippen molar-refractivity contribution in [2.24, 2.45) is 5.10 Å². The van der Waals surface area contributed by atoms with Crippen LogP contribution in [0, 0.1) is 0 Å². The van der Waals surface area contributed by atoms with Crippen molar-refractivity contribution < 1.29 is 24.1 Å². The van der Waals surface area contributed by atoms with E-state index in [4.69, 9.17) is 19.3 Å². The van der Waals surface area contributed by atoms with Crippen LogP contribution in [0.1, 0.15) is 18.4 Å². The molecule has 2 N–H and O–H groups in total. The number of nitrogens with zero attached hydrogens (tertiary/aromatic N) is 6. The van der Waals surface area contributed by atoms with Gasteiger partial charge < -0.3 is 29.1 Å². The number of hydrogen-bond donors (Lipinski definition) is 2. The second-order valence-electron chi connectivity index (χ2n) is 7.52. The molecule has 4 rings (SSSR count). The van der Waals surface area contributed by atoms with Crippen LogP contribution in [0.2, 0.25) is 0 Å². The monoisotopic (exact) mass is 457 g/mol. The molecule has 2 aromatic rings. The molecule has 0 unspecified atom stereocenters. The lowest BCUT2D eigenvalue weighted by molar-refractivity contribution is -0.139. The molecule has 0 bridgehead atoms. The molecule has 2 aliphatic rings. The average Bonchev–Trinajstić information content (AvgIpc) is 3.38. The summed E-state index contributed by atoms with van der Waals surface area (Å²) in [4.78, 5) is 28.7. The maximum absolute atomic E-state index is 10.7. The van der Waals surface area contributed by atoms with Gasteiger partial charge in [-0.05, 0) is 36.6 Å². The van der Waals surface area contributed by atoms with Crippen molar-refractivity contribution in [2.45, 2.75) is 12.8 Å². The highest BCUT2D eigenvalue weighted by molar-refractivity contribution is 5.81. The zero-order chi connectivity index (χ0) is 23.0. The van der Waals surface area contributed by atoms with Gasteiger partial charge in [-0.2, -0.15) is 20.1 Å². The number of methoxy groups -OCH3 is 1. The number of ether oxygens (including phenoxy) is 3. The Bertz CT molecular complexity index is 991. The van der Waals surface area contributed by atoms with Crippen molar-refractivity contribution in [3.63, 3.8) is 0 Å². The summed E-state index contributed by atoms with van der Waals surface area (Å²) in [6.45, 7) is 4.12. The predicted molar refractivity (Wildman–Crippen MR) is 122 cm³/mol. The number of morpholine rings is 1. The Morgan fingerprint density at radius 2 is 1.82 bits per heavy atom. The first kappa shape index (κ1) is 22.5. The van der Waals surface area contributed by atoms with Gasteiger partial charge in [0.1, 0.15) is 0 Å². The first-order valence-electron chi connectivity index (χ1n) is 10.8. The summed E-state index contributed by atoms with van der Waals surface area (Å²) in [6, 6.07) is 5.08. The van der Waals surface area contributed by atoms with E-state index in [9.17, 15) is 4.79 Å². The first-order chi connectivity index (χ1) is 16.1. The molecule has 1 aromatic carbocycles. The third-order valence-electron chi connectivity index (χ3n) is 5.21. The standard InChI is InChI=1S/C21H27N7O5/c1-31-17-12-15(4-5-16(17)33-14-18(29)30)13-22-26-19-23-20(27-6-2-3-7-27)25-21(24-19)28-8-10-32-11-9-28/h4-5,12-13H,2-3,6-11,14H2,1H3,(H,29,30)(H,23,24,25,26). The van der Waals surface area contributed by atoms with E-state index in [1.54, 1.807) is 24.4 Å². The lowest BCUT2D eigenvalue weighted by Gasteiger charge is -2.27. The fourth-order valence-corrected chi connectivity index (χ4v) is 3.55. The number of nitrogens with one attached hydrogen (secondary N) is 1. The highest BCUT2D eigenvalue weighted by atomic mass is 16.5. The van der Waals surface area contributed by atoms with Crippen molar-refractivity contribution in [3.8, 4) is 11.5 Å². The van der Waals surface area contributed by atoms with Gasteiger partial charge in [0.05, 0.1) is 26.5 Å². The Hall–Kier alpha value is -3.67. The van der Waals surface area contributed by atoms with Gasteiger partial charge in [0.15, 0.2) is 18.1 Å². The van der Waals surface area contributed by atoms with E-state index in [1.165, 1.54) is 7.11 Å². The molecule has 0 spiro atoms. The van der Waals surface area contributed by atoms with Crippen LogP contribution in [-0.2, 0) is 9.53 Å². The Morgan fingerprint density at radius 1 is 1.12 bits per heavy atom. The summed E-state index contributed by atoms with van der Waals surface area (Å²) < 4.78 is 15.9. The molecule has 1 aromatic heterocycles. The number of rotatable bonds is 9. The molecule has 2 fully saturated rings. The van der Waals surface area contributed by atoms with E-state index >= 15 is 0 Å². The summed E-state index contributed by atoms with van der Waals surface area (Å²) in [5.74, 6) is 1.30. The number of carbonyl (C=O) groups is 1. The van der Waals surface area contributed by atoms with Crippen molar-refractivity contribution in [1.29, 1.82) is 0 Å². The van der Waals surface area contributed by atoms with Gasteiger partial charge in [-0.1, -0.05) is 0 Å². The Kier molecular flexibility index (Phi) is 7.35. The van der Waals surface area contributed by atoms with Gasteiger partial charge in [0, 0.05) is 26.2 Å². The van der Waals surface area contributed by atoms with Crippen LogP contribution in [0.15, 0.2) is 23.3 Å². The number of aliphatic carboxylic acids is 1. The molecule has 0 saturated carbocycles. The maximum Gasteiger partial charge on any atom is 0.341 e. The fraction of sp³-hybridized carbons (Fsp3) is 0.476. The fourth-order valence-electron chi connectivity index (χ4n) is 3.55. The lowest BCUT2D eigenvalue weighted by atomic mass is 10.2. The normalized spacial score (nSPS) is 16.3. The molecule has 33 heavy (non-hydrogen) atoms. The van der Waals surface area contributed by atoms with Crippen LogP contribution in [0.5, 0.6) is 11.5 Å². The van der Waals surface area contributed by atoms with E-state index in [-0.39, 0.29) is 0 Å². The first-order valence-corrected chi connectivity index (χ1v) is 10.8. The Morgan fingerprint density at radius 3 is 2.48 bits per heavy atom.